The smallest absolute Gasteiger partial charge is 0.161 e. The highest BCUT2D eigenvalue weighted by molar-refractivity contribution is 5.57. The summed E-state index contributed by atoms with van der Waals surface area (Å²) in [7, 11) is 0. The molecule has 1 aliphatic rings. The van der Waals surface area contributed by atoms with Gasteiger partial charge in [-0.05, 0) is 108 Å². The zero-order valence-electron chi connectivity index (χ0n) is 32.7. The van der Waals surface area contributed by atoms with E-state index in [-0.39, 0.29) is 16.9 Å². The summed E-state index contributed by atoms with van der Waals surface area (Å²) in [4.78, 5) is 2.26. The van der Waals surface area contributed by atoms with Crippen LogP contribution in [0.15, 0.2) is 170 Å². The Labute approximate surface area is 336 Å². The molecule has 0 saturated carbocycles. The summed E-state index contributed by atoms with van der Waals surface area (Å²) in [6.07, 6.45) is 0. The van der Waals surface area contributed by atoms with Gasteiger partial charge in [0.1, 0.15) is 17.2 Å². The standard InChI is InChI=1S/C51H49N3O3/c1-50(2,41-25-28-49-38(31-41)34-54(35-57-49)46-17-11-6-12-18-46)39-19-21-40(22-20-39)51(3,42-23-26-47(55)36(29-42)32-52-44-13-7-4-8-14-44)43-24-27-48(56)37(30-43)33-53-45-15-9-5-10-16-45/h4-31,52-53,55-56H,32-35H2,1-3H3. The quantitative estimate of drug-likeness (QED) is 0.0932. The Bertz CT molecular complexity index is 2360. The van der Waals surface area contributed by atoms with E-state index in [4.69, 9.17) is 4.74 Å². The predicted octanol–water partition coefficient (Wildman–Crippen LogP) is 11.4. The van der Waals surface area contributed by atoms with E-state index in [1.165, 1.54) is 16.7 Å². The molecule has 0 spiro atoms. The number of anilines is 3. The van der Waals surface area contributed by atoms with Gasteiger partial charge < -0.3 is 30.5 Å². The second-order valence-electron chi connectivity index (χ2n) is 15.6. The molecular formula is C51H49N3O3. The van der Waals surface area contributed by atoms with Crippen LogP contribution in [0.25, 0.3) is 0 Å². The Kier molecular flexibility index (Phi) is 10.4. The zero-order chi connectivity index (χ0) is 39.4. The fourth-order valence-electron chi connectivity index (χ4n) is 7.91. The number of para-hydroxylation sites is 3. The fourth-order valence-corrected chi connectivity index (χ4v) is 7.91. The predicted molar refractivity (Wildman–Crippen MR) is 232 cm³/mol. The van der Waals surface area contributed by atoms with Gasteiger partial charge in [-0.2, -0.15) is 0 Å². The summed E-state index contributed by atoms with van der Waals surface area (Å²) in [5, 5.41) is 29.1. The van der Waals surface area contributed by atoms with Gasteiger partial charge in [-0.1, -0.05) is 111 Å². The number of benzene rings is 7. The van der Waals surface area contributed by atoms with Crippen molar-refractivity contribution in [2.45, 2.75) is 51.2 Å². The molecule has 286 valence electrons. The second kappa shape index (κ2) is 15.8. The molecule has 1 aliphatic heterocycles. The summed E-state index contributed by atoms with van der Waals surface area (Å²) in [5.74, 6) is 1.41. The van der Waals surface area contributed by atoms with Crippen molar-refractivity contribution in [1.29, 1.82) is 0 Å². The molecule has 6 nitrogen and oxygen atoms in total. The lowest BCUT2D eigenvalue weighted by atomic mass is 9.69. The Morgan fingerprint density at radius 1 is 0.526 bits per heavy atom. The van der Waals surface area contributed by atoms with Gasteiger partial charge in [0.05, 0.1) is 0 Å². The molecule has 0 bridgehead atoms. The van der Waals surface area contributed by atoms with Crippen LogP contribution in [0.1, 0.15) is 65.3 Å². The summed E-state index contributed by atoms with van der Waals surface area (Å²) in [6, 6.07) is 57.8. The topological polar surface area (TPSA) is 77.0 Å². The van der Waals surface area contributed by atoms with Gasteiger partial charge in [0.2, 0.25) is 0 Å². The number of phenols is 2. The Morgan fingerprint density at radius 2 is 1.00 bits per heavy atom. The van der Waals surface area contributed by atoms with Crippen molar-refractivity contribution in [1.82, 2.24) is 0 Å². The molecule has 7 aromatic carbocycles. The van der Waals surface area contributed by atoms with E-state index in [9.17, 15) is 10.2 Å². The Balaban J connectivity index is 1.14. The lowest BCUT2D eigenvalue weighted by molar-refractivity contribution is 0.289. The third-order valence-corrected chi connectivity index (χ3v) is 11.7. The molecule has 0 fully saturated rings. The maximum Gasteiger partial charge on any atom is 0.161 e. The lowest BCUT2D eigenvalue weighted by Crippen LogP contribution is -2.32. The molecule has 1 heterocycles. The van der Waals surface area contributed by atoms with E-state index < -0.39 is 5.41 Å². The summed E-state index contributed by atoms with van der Waals surface area (Å²) >= 11 is 0. The monoisotopic (exact) mass is 751 g/mol. The summed E-state index contributed by atoms with van der Waals surface area (Å²) in [5.41, 5.74) is 10.5. The Morgan fingerprint density at radius 3 is 1.54 bits per heavy atom. The highest BCUT2D eigenvalue weighted by Crippen LogP contribution is 2.43. The first-order valence-electron chi connectivity index (χ1n) is 19.6. The molecule has 0 unspecified atom stereocenters. The molecule has 0 atom stereocenters. The third-order valence-electron chi connectivity index (χ3n) is 11.7. The van der Waals surface area contributed by atoms with Gasteiger partial charge in [0.25, 0.3) is 0 Å². The molecule has 0 aromatic heterocycles. The minimum Gasteiger partial charge on any atom is -0.508 e. The van der Waals surface area contributed by atoms with Gasteiger partial charge in [-0.15, -0.1) is 0 Å². The molecule has 8 rings (SSSR count). The number of rotatable bonds is 12. The maximum absolute atomic E-state index is 11.1. The van der Waals surface area contributed by atoms with Crippen LogP contribution in [0.5, 0.6) is 17.2 Å². The maximum atomic E-state index is 11.1. The summed E-state index contributed by atoms with van der Waals surface area (Å²) < 4.78 is 6.19. The second-order valence-corrected chi connectivity index (χ2v) is 15.6. The van der Waals surface area contributed by atoms with Crippen LogP contribution in [0, 0.1) is 0 Å². The summed E-state index contributed by atoms with van der Waals surface area (Å²) in [6.45, 7) is 9.02. The van der Waals surface area contributed by atoms with Crippen molar-refractivity contribution in [3.05, 3.63) is 214 Å². The van der Waals surface area contributed by atoms with Crippen LogP contribution in [0.2, 0.25) is 0 Å². The van der Waals surface area contributed by atoms with E-state index in [1.807, 2.05) is 78.9 Å². The number of nitrogens with zero attached hydrogens (tertiary/aromatic N) is 1. The molecule has 0 amide bonds. The number of hydrogen-bond acceptors (Lipinski definition) is 6. The molecule has 7 aromatic rings. The van der Waals surface area contributed by atoms with Gasteiger partial charge in [-0.3, -0.25) is 0 Å². The molecular weight excluding hydrogens is 703 g/mol. The third kappa shape index (κ3) is 7.76. The number of phenolic OH excluding ortho intramolecular Hbond substituents is 2. The van der Waals surface area contributed by atoms with E-state index >= 15 is 0 Å². The fraction of sp³-hybridized carbons (Fsp3) is 0.176. The van der Waals surface area contributed by atoms with Crippen molar-refractivity contribution < 1.29 is 14.9 Å². The Hall–Kier alpha value is -6.66. The largest absolute Gasteiger partial charge is 0.508 e. The van der Waals surface area contributed by atoms with Crippen LogP contribution >= 0.6 is 0 Å². The van der Waals surface area contributed by atoms with E-state index in [1.54, 1.807) is 12.1 Å². The minimum atomic E-state index is -0.642. The van der Waals surface area contributed by atoms with Crippen molar-refractivity contribution in [2.24, 2.45) is 0 Å². The number of nitrogens with one attached hydrogen (secondary N) is 2. The van der Waals surface area contributed by atoms with Crippen LogP contribution in [-0.2, 0) is 30.5 Å². The van der Waals surface area contributed by atoms with Gasteiger partial charge in [0.15, 0.2) is 6.73 Å². The SMILES string of the molecule is CC(C)(c1ccc(C(C)(c2ccc(O)c(CNc3ccccc3)c2)c2ccc(O)c(CNc3ccccc3)c2)cc1)c1ccc2c(c1)CN(c1ccccc1)CO2. The van der Waals surface area contributed by atoms with E-state index in [2.05, 4.69) is 115 Å². The molecule has 6 heteroatoms. The average Bonchev–Trinajstić information content (AvgIpc) is 3.26. The van der Waals surface area contributed by atoms with Crippen molar-refractivity contribution >= 4 is 17.1 Å². The number of hydrogen-bond donors (Lipinski definition) is 4. The average molecular weight is 752 g/mol. The number of fused-ring (bicyclic) bond motifs is 1. The first kappa shape index (κ1) is 37.3. The highest BCUT2D eigenvalue weighted by atomic mass is 16.5. The first-order valence-corrected chi connectivity index (χ1v) is 19.6. The molecule has 57 heavy (non-hydrogen) atoms. The van der Waals surface area contributed by atoms with Crippen LogP contribution < -0.4 is 20.3 Å². The minimum absolute atomic E-state index is 0.238. The first-order chi connectivity index (χ1) is 27.7. The van der Waals surface area contributed by atoms with Gasteiger partial charge >= 0.3 is 0 Å². The van der Waals surface area contributed by atoms with Gasteiger partial charge in [-0.25, -0.2) is 0 Å². The van der Waals surface area contributed by atoms with E-state index in [0.29, 0.717) is 19.8 Å². The number of ether oxygens (including phenoxy) is 1. The molecule has 0 saturated heterocycles. The van der Waals surface area contributed by atoms with Crippen molar-refractivity contribution in [3.8, 4) is 17.2 Å². The van der Waals surface area contributed by atoms with Crippen molar-refractivity contribution in [3.63, 3.8) is 0 Å². The normalized spacial score (nSPS) is 12.7. The molecule has 0 aliphatic carbocycles. The van der Waals surface area contributed by atoms with E-state index in [0.717, 1.165) is 57.2 Å². The lowest BCUT2D eigenvalue weighted by Gasteiger charge is -2.35. The highest BCUT2D eigenvalue weighted by Gasteiger charge is 2.34. The molecule has 0 radical (unpaired) electrons. The van der Waals surface area contributed by atoms with Gasteiger partial charge in [0, 0.05) is 64.2 Å². The zero-order valence-corrected chi connectivity index (χ0v) is 32.7. The number of aromatic hydroxyl groups is 2. The van der Waals surface area contributed by atoms with Crippen LogP contribution in [0.4, 0.5) is 17.1 Å². The van der Waals surface area contributed by atoms with Crippen LogP contribution in [0.3, 0.4) is 0 Å². The molecule has 4 N–H and O–H groups in total. The van der Waals surface area contributed by atoms with Crippen molar-refractivity contribution in [2.75, 3.05) is 22.3 Å². The van der Waals surface area contributed by atoms with Crippen LogP contribution in [-0.4, -0.2) is 16.9 Å².